The Hall–Kier alpha value is -1.14. The van der Waals surface area contributed by atoms with E-state index in [2.05, 4.69) is 5.32 Å². The number of likely N-dealkylation sites (N-methyl/N-ethyl adjacent to an activating group) is 1. The molecule has 2 aliphatic rings. The van der Waals surface area contributed by atoms with Crippen molar-refractivity contribution >= 4 is 11.8 Å². The van der Waals surface area contributed by atoms with Crippen molar-refractivity contribution in [3.63, 3.8) is 0 Å². The number of hydrogen-bond acceptors (Lipinski definition) is 4. The van der Waals surface area contributed by atoms with Crippen molar-refractivity contribution in [2.45, 2.75) is 18.9 Å². The maximum absolute atomic E-state index is 11.9. The van der Waals surface area contributed by atoms with Crippen molar-refractivity contribution < 1.29 is 9.59 Å². The van der Waals surface area contributed by atoms with E-state index in [1.54, 1.807) is 0 Å². The van der Waals surface area contributed by atoms with Crippen LogP contribution in [0.3, 0.4) is 0 Å². The summed E-state index contributed by atoms with van der Waals surface area (Å²) in [5, 5.41) is 3.24. The largest absolute Gasteiger partial charge is 0.338 e. The summed E-state index contributed by atoms with van der Waals surface area (Å²) in [4.78, 5) is 29.4. The van der Waals surface area contributed by atoms with Gasteiger partial charge in [-0.05, 0) is 26.9 Å². The highest BCUT2D eigenvalue weighted by Crippen LogP contribution is 2.18. The van der Waals surface area contributed by atoms with E-state index in [1.165, 1.54) is 12.8 Å². The first-order valence-corrected chi connectivity index (χ1v) is 7.00. The molecule has 2 rings (SSSR count). The Labute approximate surface area is 114 Å². The van der Waals surface area contributed by atoms with Crippen LogP contribution in [0.2, 0.25) is 0 Å². The van der Waals surface area contributed by atoms with E-state index in [9.17, 15) is 9.59 Å². The number of nitrogens with one attached hydrogen (secondary N) is 1. The minimum atomic E-state index is 0.146. The van der Waals surface area contributed by atoms with Crippen molar-refractivity contribution in [1.82, 2.24) is 20.0 Å². The van der Waals surface area contributed by atoms with Gasteiger partial charge in [-0.1, -0.05) is 0 Å². The average Bonchev–Trinajstić information content (AvgIpc) is 3.19. The van der Waals surface area contributed by atoms with E-state index in [0.717, 1.165) is 0 Å². The zero-order valence-electron chi connectivity index (χ0n) is 11.9. The van der Waals surface area contributed by atoms with Gasteiger partial charge in [-0.2, -0.15) is 0 Å². The summed E-state index contributed by atoms with van der Waals surface area (Å²) in [6, 6.07) is 0.562. The lowest BCUT2D eigenvalue weighted by molar-refractivity contribution is -0.139. The summed E-state index contributed by atoms with van der Waals surface area (Å²) < 4.78 is 0. The predicted octanol–water partition coefficient (Wildman–Crippen LogP) is -1.03. The molecule has 1 saturated carbocycles. The predicted molar refractivity (Wildman–Crippen MR) is 72.7 cm³/mol. The van der Waals surface area contributed by atoms with Crippen LogP contribution in [-0.4, -0.2) is 85.9 Å². The number of amides is 2. The molecule has 0 aromatic carbocycles. The van der Waals surface area contributed by atoms with Gasteiger partial charge in [0, 0.05) is 32.2 Å². The van der Waals surface area contributed by atoms with Crippen molar-refractivity contribution in [3.8, 4) is 0 Å². The van der Waals surface area contributed by atoms with E-state index >= 15 is 0 Å². The molecule has 0 unspecified atom stereocenters. The van der Waals surface area contributed by atoms with Gasteiger partial charge in [-0.15, -0.1) is 0 Å². The molecule has 0 spiro atoms. The molecule has 1 aliphatic heterocycles. The second-order valence-electron chi connectivity index (χ2n) is 5.65. The van der Waals surface area contributed by atoms with Crippen LogP contribution in [-0.2, 0) is 9.59 Å². The Balaban J connectivity index is 1.68. The first kappa shape index (κ1) is 14.3. The molecule has 1 N–H and O–H groups in total. The molecular weight excluding hydrogens is 244 g/mol. The minimum Gasteiger partial charge on any atom is -0.338 e. The smallest absolute Gasteiger partial charge is 0.236 e. The first-order valence-electron chi connectivity index (χ1n) is 7.00. The fourth-order valence-corrected chi connectivity index (χ4v) is 2.21. The van der Waals surface area contributed by atoms with Gasteiger partial charge in [0.2, 0.25) is 11.8 Å². The molecule has 1 aliphatic carbocycles. The number of hydrogen-bond donors (Lipinski definition) is 1. The van der Waals surface area contributed by atoms with Crippen LogP contribution in [0, 0.1) is 0 Å². The molecule has 6 heteroatoms. The summed E-state index contributed by atoms with van der Waals surface area (Å²) in [6.45, 7) is 3.51. The normalized spacial score (nSPS) is 19.9. The third-order valence-electron chi connectivity index (χ3n) is 3.56. The van der Waals surface area contributed by atoms with Gasteiger partial charge in [-0.25, -0.2) is 0 Å². The zero-order chi connectivity index (χ0) is 13.8. The van der Waals surface area contributed by atoms with E-state index in [0.29, 0.717) is 45.3 Å². The highest BCUT2D eigenvalue weighted by atomic mass is 16.2. The molecular formula is C13H24N4O2. The molecule has 2 amide bonds. The van der Waals surface area contributed by atoms with Crippen molar-refractivity contribution in [2.75, 3.05) is 53.4 Å². The topological polar surface area (TPSA) is 55.9 Å². The van der Waals surface area contributed by atoms with Crippen LogP contribution in [0.25, 0.3) is 0 Å². The first-order chi connectivity index (χ1) is 9.06. The zero-order valence-corrected chi connectivity index (χ0v) is 11.9. The Kier molecular flexibility index (Phi) is 4.76. The number of carbonyl (C=O) groups excluding carboxylic acids is 2. The molecule has 1 heterocycles. The highest BCUT2D eigenvalue weighted by Gasteiger charge is 2.26. The van der Waals surface area contributed by atoms with Crippen LogP contribution >= 0.6 is 0 Å². The van der Waals surface area contributed by atoms with Gasteiger partial charge in [0.25, 0.3) is 0 Å². The lowest BCUT2D eigenvalue weighted by Gasteiger charge is -2.35. The SMILES string of the molecule is CN(C)CC(=O)N1CCN(C(=O)CNC2CC2)CC1. The maximum Gasteiger partial charge on any atom is 0.236 e. The molecule has 108 valence electrons. The molecule has 0 radical (unpaired) electrons. The van der Waals surface area contributed by atoms with Crippen molar-refractivity contribution in [2.24, 2.45) is 0 Å². The molecule has 0 bridgehead atoms. The Morgan fingerprint density at radius 3 is 2.05 bits per heavy atom. The second-order valence-corrected chi connectivity index (χ2v) is 5.65. The molecule has 2 fully saturated rings. The van der Waals surface area contributed by atoms with Gasteiger partial charge >= 0.3 is 0 Å². The summed E-state index contributed by atoms with van der Waals surface area (Å²) in [5.74, 6) is 0.305. The van der Waals surface area contributed by atoms with Crippen molar-refractivity contribution in [3.05, 3.63) is 0 Å². The Morgan fingerprint density at radius 2 is 1.58 bits per heavy atom. The van der Waals surface area contributed by atoms with E-state index in [4.69, 9.17) is 0 Å². The molecule has 0 aromatic heterocycles. The minimum absolute atomic E-state index is 0.146. The van der Waals surface area contributed by atoms with Crippen LogP contribution in [0.5, 0.6) is 0 Å². The number of piperazine rings is 1. The Bertz CT molecular complexity index is 334. The van der Waals surface area contributed by atoms with Gasteiger partial charge < -0.3 is 20.0 Å². The van der Waals surface area contributed by atoms with Crippen LogP contribution in [0.4, 0.5) is 0 Å². The fraction of sp³-hybridized carbons (Fsp3) is 0.846. The summed E-state index contributed by atoms with van der Waals surface area (Å²) in [7, 11) is 3.78. The van der Waals surface area contributed by atoms with Crippen LogP contribution < -0.4 is 5.32 Å². The third-order valence-corrected chi connectivity index (χ3v) is 3.56. The average molecular weight is 268 g/mol. The number of rotatable bonds is 5. The van der Waals surface area contributed by atoms with Gasteiger partial charge in [0.15, 0.2) is 0 Å². The summed E-state index contributed by atoms with van der Waals surface area (Å²) in [5.41, 5.74) is 0. The van der Waals surface area contributed by atoms with Gasteiger partial charge in [0.1, 0.15) is 0 Å². The molecule has 1 saturated heterocycles. The van der Waals surface area contributed by atoms with E-state index < -0.39 is 0 Å². The standard InChI is InChI=1S/C13H24N4O2/c1-15(2)10-13(19)17-7-5-16(6-8-17)12(18)9-14-11-3-4-11/h11,14H,3-10H2,1-2H3. The Morgan fingerprint density at radius 1 is 1.05 bits per heavy atom. The third kappa shape index (κ3) is 4.47. The maximum atomic E-state index is 11.9. The van der Waals surface area contributed by atoms with Crippen LogP contribution in [0.1, 0.15) is 12.8 Å². The van der Waals surface area contributed by atoms with Gasteiger partial charge in [0.05, 0.1) is 13.1 Å². The number of nitrogens with zero attached hydrogens (tertiary/aromatic N) is 3. The molecule has 6 nitrogen and oxygen atoms in total. The van der Waals surface area contributed by atoms with Crippen molar-refractivity contribution in [1.29, 1.82) is 0 Å². The fourth-order valence-electron chi connectivity index (χ4n) is 2.21. The molecule has 0 atom stereocenters. The second kappa shape index (κ2) is 6.34. The lowest BCUT2D eigenvalue weighted by atomic mass is 10.3. The highest BCUT2D eigenvalue weighted by molar-refractivity contribution is 5.80. The lowest BCUT2D eigenvalue weighted by Crippen LogP contribution is -2.53. The summed E-state index contributed by atoms with van der Waals surface area (Å²) in [6.07, 6.45) is 2.39. The van der Waals surface area contributed by atoms with Crippen LogP contribution in [0.15, 0.2) is 0 Å². The van der Waals surface area contributed by atoms with E-state index in [1.807, 2.05) is 28.8 Å². The molecule has 0 aromatic rings. The number of carbonyl (C=O) groups is 2. The quantitative estimate of drug-likeness (QED) is 0.693. The van der Waals surface area contributed by atoms with E-state index in [-0.39, 0.29) is 11.8 Å². The monoisotopic (exact) mass is 268 g/mol. The van der Waals surface area contributed by atoms with Gasteiger partial charge in [-0.3, -0.25) is 9.59 Å². The summed E-state index contributed by atoms with van der Waals surface area (Å²) >= 11 is 0. The molecule has 19 heavy (non-hydrogen) atoms.